The molecule has 0 spiro atoms. The average molecular weight is 443 g/mol. The summed E-state index contributed by atoms with van der Waals surface area (Å²) in [6.45, 7) is 7.20. The molecular weight excluding hydrogens is 413 g/mol. The molecule has 7 nitrogen and oxygen atoms in total. The fourth-order valence-electron chi connectivity index (χ4n) is 2.33. The Hall–Kier alpha value is -0.610. The van der Waals surface area contributed by atoms with Crippen LogP contribution >= 0.6 is 24.0 Å². The molecule has 1 heterocycles. The SMILES string of the molecule is CCNC(=NCCC(=O)OC)N1CCC(COCCOC)C1.I. The number of carbonyl (C=O) groups is 1. The first kappa shape index (κ1) is 22.4. The first-order valence-electron chi connectivity index (χ1n) is 7.88. The maximum Gasteiger partial charge on any atom is 0.307 e. The highest BCUT2D eigenvalue weighted by atomic mass is 127. The molecule has 1 aliphatic heterocycles. The maximum atomic E-state index is 11.1. The van der Waals surface area contributed by atoms with Gasteiger partial charge < -0.3 is 24.4 Å². The van der Waals surface area contributed by atoms with Crippen LogP contribution in [0.2, 0.25) is 0 Å². The van der Waals surface area contributed by atoms with Gasteiger partial charge in [0.15, 0.2) is 5.96 Å². The molecule has 1 aliphatic rings. The highest BCUT2D eigenvalue weighted by molar-refractivity contribution is 14.0. The number of likely N-dealkylation sites (tertiary alicyclic amines) is 1. The Labute approximate surface area is 156 Å². The second-order valence-corrected chi connectivity index (χ2v) is 5.23. The van der Waals surface area contributed by atoms with E-state index >= 15 is 0 Å². The van der Waals surface area contributed by atoms with Crippen molar-refractivity contribution in [3.8, 4) is 0 Å². The summed E-state index contributed by atoms with van der Waals surface area (Å²) in [5.41, 5.74) is 0. The lowest BCUT2D eigenvalue weighted by Gasteiger charge is -2.21. The predicted molar refractivity (Wildman–Crippen MR) is 100 cm³/mol. The van der Waals surface area contributed by atoms with Gasteiger partial charge in [-0.3, -0.25) is 9.79 Å². The molecule has 1 saturated heterocycles. The highest BCUT2D eigenvalue weighted by Gasteiger charge is 2.24. The summed E-state index contributed by atoms with van der Waals surface area (Å²) in [5, 5.41) is 3.28. The molecule has 1 rings (SSSR count). The molecule has 0 radical (unpaired) electrons. The van der Waals surface area contributed by atoms with E-state index in [1.165, 1.54) is 7.11 Å². The summed E-state index contributed by atoms with van der Waals surface area (Å²) >= 11 is 0. The van der Waals surface area contributed by atoms with Crippen LogP contribution in [0.3, 0.4) is 0 Å². The molecule has 1 fully saturated rings. The molecule has 8 heteroatoms. The second-order valence-electron chi connectivity index (χ2n) is 5.23. The third-order valence-corrected chi connectivity index (χ3v) is 3.51. The van der Waals surface area contributed by atoms with Gasteiger partial charge in [-0.25, -0.2) is 0 Å². The topological polar surface area (TPSA) is 72.4 Å². The minimum atomic E-state index is -0.231. The summed E-state index contributed by atoms with van der Waals surface area (Å²) < 4.78 is 15.2. The molecule has 0 aromatic carbocycles. The Bertz CT molecular complexity index is 356. The lowest BCUT2D eigenvalue weighted by Crippen LogP contribution is -2.40. The molecule has 1 unspecified atom stereocenters. The first-order valence-corrected chi connectivity index (χ1v) is 7.88. The van der Waals surface area contributed by atoms with Gasteiger partial charge in [0.1, 0.15) is 0 Å². The Morgan fingerprint density at radius 3 is 2.78 bits per heavy atom. The van der Waals surface area contributed by atoms with E-state index in [0.29, 0.717) is 32.1 Å². The number of ether oxygens (including phenoxy) is 3. The molecule has 0 aromatic rings. The van der Waals surface area contributed by atoms with Crippen molar-refractivity contribution in [1.29, 1.82) is 0 Å². The van der Waals surface area contributed by atoms with E-state index in [0.717, 1.165) is 38.6 Å². The van der Waals surface area contributed by atoms with E-state index in [1.54, 1.807) is 7.11 Å². The van der Waals surface area contributed by atoms with E-state index < -0.39 is 0 Å². The lowest BCUT2D eigenvalue weighted by atomic mass is 10.1. The van der Waals surface area contributed by atoms with E-state index in [1.807, 2.05) is 6.92 Å². The molecule has 0 aliphatic carbocycles. The minimum Gasteiger partial charge on any atom is -0.469 e. The van der Waals surface area contributed by atoms with Crippen LogP contribution in [-0.2, 0) is 19.0 Å². The number of rotatable bonds is 9. The Morgan fingerprint density at radius 1 is 1.35 bits per heavy atom. The van der Waals surface area contributed by atoms with Crippen LogP contribution < -0.4 is 5.32 Å². The van der Waals surface area contributed by atoms with Gasteiger partial charge in [-0.1, -0.05) is 0 Å². The number of esters is 1. The highest BCUT2D eigenvalue weighted by Crippen LogP contribution is 2.16. The summed E-state index contributed by atoms with van der Waals surface area (Å²) in [6.07, 6.45) is 1.40. The van der Waals surface area contributed by atoms with E-state index in [4.69, 9.17) is 9.47 Å². The summed E-state index contributed by atoms with van der Waals surface area (Å²) in [6, 6.07) is 0. The largest absolute Gasteiger partial charge is 0.469 e. The smallest absolute Gasteiger partial charge is 0.307 e. The minimum absolute atomic E-state index is 0. The zero-order valence-electron chi connectivity index (χ0n) is 14.4. The number of carbonyl (C=O) groups excluding carboxylic acids is 1. The van der Waals surface area contributed by atoms with Gasteiger partial charge in [0.2, 0.25) is 0 Å². The van der Waals surface area contributed by atoms with Gasteiger partial charge in [0.25, 0.3) is 0 Å². The Balaban J connectivity index is 0.00000484. The fraction of sp³-hybridized carbons (Fsp3) is 0.867. The summed E-state index contributed by atoms with van der Waals surface area (Å²) in [5.74, 6) is 1.15. The third-order valence-electron chi connectivity index (χ3n) is 3.51. The normalized spacial score (nSPS) is 17.8. The van der Waals surface area contributed by atoms with Crippen LogP contribution in [0, 0.1) is 5.92 Å². The predicted octanol–water partition coefficient (Wildman–Crippen LogP) is 1.12. The molecule has 1 N–H and O–H groups in total. The third kappa shape index (κ3) is 9.31. The van der Waals surface area contributed by atoms with Gasteiger partial charge in [-0.15, -0.1) is 24.0 Å². The van der Waals surface area contributed by atoms with Gasteiger partial charge >= 0.3 is 5.97 Å². The van der Waals surface area contributed by atoms with Crippen molar-refractivity contribution < 1.29 is 19.0 Å². The van der Waals surface area contributed by atoms with Crippen molar-refractivity contribution in [3.05, 3.63) is 0 Å². The summed E-state index contributed by atoms with van der Waals surface area (Å²) in [7, 11) is 3.07. The molecule has 136 valence electrons. The standard InChI is InChI=1S/C15H29N3O4.HI/c1-4-16-15(17-7-5-14(19)21-3)18-8-6-13(11-18)12-22-10-9-20-2;/h13H,4-12H2,1-3H3,(H,16,17);1H. The molecule has 0 amide bonds. The van der Waals surface area contributed by atoms with Crippen LogP contribution in [-0.4, -0.2) is 77.0 Å². The van der Waals surface area contributed by atoms with Crippen LogP contribution in [0.5, 0.6) is 0 Å². The van der Waals surface area contributed by atoms with E-state index in [2.05, 4.69) is 19.9 Å². The van der Waals surface area contributed by atoms with Gasteiger partial charge in [0.05, 0.1) is 39.9 Å². The molecule has 0 bridgehead atoms. The van der Waals surface area contributed by atoms with E-state index in [-0.39, 0.29) is 29.9 Å². The molecule has 0 saturated carbocycles. The van der Waals surface area contributed by atoms with Crippen LogP contribution in [0.25, 0.3) is 0 Å². The number of hydrogen-bond acceptors (Lipinski definition) is 5. The summed E-state index contributed by atoms with van der Waals surface area (Å²) in [4.78, 5) is 17.9. The van der Waals surface area contributed by atoms with Crippen molar-refractivity contribution >= 4 is 35.9 Å². The number of aliphatic imine (C=N–C) groups is 1. The maximum absolute atomic E-state index is 11.1. The second kappa shape index (κ2) is 13.8. The van der Waals surface area contributed by atoms with Crippen LogP contribution in [0.15, 0.2) is 4.99 Å². The van der Waals surface area contributed by atoms with Crippen LogP contribution in [0.1, 0.15) is 19.8 Å². The van der Waals surface area contributed by atoms with Crippen molar-refractivity contribution in [2.24, 2.45) is 10.9 Å². The molecule has 1 atom stereocenters. The van der Waals surface area contributed by atoms with Crippen LogP contribution in [0.4, 0.5) is 0 Å². The van der Waals surface area contributed by atoms with Gasteiger partial charge in [0, 0.05) is 32.7 Å². The van der Waals surface area contributed by atoms with Gasteiger partial charge in [-0.2, -0.15) is 0 Å². The van der Waals surface area contributed by atoms with Crippen molar-refractivity contribution in [2.75, 3.05) is 60.2 Å². The number of hydrogen-bond donors (Lipinski definition) is 1. The van der Waals surface area contributed by atoms with Crippen molar-refractivity contribution in [3.63, 3.8) is 0 Å². The number of nitrogens with one attached hydrogen (secondary N) is 1. The molecule has 23 heavy (non-hydrogen) atoms. The number of guanidine groups is 1. The van der Waals surface area contributed by atoms with Gasteiger partial charge in [-0.05, 0) is 13.3 Å². The molecule has 0 aromatic heterocycles. The fourth-order valence-corrected chi connectivity index (χ4v) is 2.33. The Morgan fingerprint density at radius 2 is 2.13 bits per heavy atom. The lowest BCUT2D eigenvalue weighted by molar-refractivity contribution is -0.140. The zero-order valence-corrected chi connectivity index (χ0v) is 16.7. The number of nitrogens with zero attached hydrogens (tertiary/aromatic N) is 2. The zero-order chi connectivity index (χ0) is 16.2. The molecular formula is C15H30IN3O4. The quantitative estimate of drug-likeness (QED) is 0.189. The first-order chi connectivity index (χ1) is 10.7. The van der Waals surface area contributed by atoms with Crippen molar-refractivity contribution in [1.82, 2.24) is 10.2 Å². The average Bonchev–Trinajstić information content (AvgIpc) is 2.99. The van der Waals surface area contributed by atoms with E-state index in [9.17, 15) is 4.79 Å². The monoisotopic (exact) mass is 443 g/mol. The number of halogens is 1. The van der Waals surface area contributed by atoms with Crippen molar-refractivity contribution in [2.45, 2.75) is 19.8 Å². The Kier molecular flexibility index (Phi) is 13.4. The number of methoxy groups -OCH3 is 2.